The number of rotatable bonds is 10. The molecule has 0 aliphatic heterocycles. The van der Waals surface area contributed by atoms with E-state index in [2.05, 4.69) is 31.1 Å². The van der Waals surface area contributed by atoms with Crippen LogP contribution in [0.5, 0.6) is 0 Å². The molecule has 1 atom stereocenters. The summed E-state index contributed by atoms with van der Waals surface area (Å²) in [6.07, 6.45) is -1.36. The monoisotopic (exact) mass is 442 g/mol. The third-order valence-electron chi connectivity index (χ3n) is 5.79. The average Bonchev–Trinajstić information content (AvgIpc) is 3.40. The van der Waals surface area contributed by atoms with Gasteiger partial charge in [-0.25, -0.2) is 0 Å². The van der Waals surface area contributed by atoms with E-state index in [1.807, 2.05) is 0 Å². The van der Waals surface area contributed by atoms with E-state index in [9.17, 15) is 13.2 Å². The molecular formula is C18H27Cl2F3N2OSi. The van der Waals surface area contributed by atoms with Crippen molar-refractivity contribution in [1.82, 2.24) is 10.3 Å². The quantitative estimate of drug-likeness (QED) is 0.426. The number of aromatic nitrogens is 1. The summed E-state index contributed by atoms with van der Waals surface area (Å²) >= 11 is 12.6. The third kappa shape index (κ3) is 5.18. The van der Waals surface area contributed by atoms with Crippen LogP contribution in [0.1, 0.15) is 45.3 Å². The lowest BCUT2D eigenvalue weighted by Crippen LogP contribution is -2.42. The standard InChI is InChI=1S/C18H27Cl2F3N2OSi/c1-4-27(5-2,6-3)26-15(16-13(19)9-24-10-14(16)20)11-25-12-17(7-8-17)18(21,22)23/h9-10,15,25H,4-8,11-12H2,1-3H3. The topological polar surface area (TPSA) is 34.1 Å². The van der Waals surface area contributed by atoms with Crippen molar-refractivity contribution in [2.75, 3.05) is 13.1 Å². The van der Waals surface area contributed by atoms with E-state index in [-0.39, 0.29) is 25.9 Å². The summed E-state index contributed by atoms with van der Waals surface area (Å²) in [4.78, 5) is 3.97. The van der Waals surface area contributed by atoms with Gasteiger partial charge in [0.1, 0.15) is 0 Å². The fraction of sp³-hybridized carbons (Fsp3) is 0.722. The first-order valence-electron chi connectivity index (χ1n) is 9.38. The van der Waals surface area contributed by atoms with Crippen LogP contribution in [-0.2, 0) is 4.43 Å². The highest BCUT2D eigenvalue weighted by Crippen LogP contribution is 2.57. The number of nitrogens with one attached hydrogen (secondary N) is 1. The lowest BCUT2D eigenvalue weighted by atomic mass is 10.1. The molecule has 2 rings (SSSR count). The maximum atomic E-state index is 13.2. The predicted molar refractivity (Wildman–Crippen MR) is 106 cm³/mol. The van der Waals surface area contributed by atoms with Crippen molar-refractivity contribution in [3.8, 4) is 0 Å². The molecule has 1 aromatic rings. The highest BCUT2D eigenvalue weighted by molar-refractivity contribution is 6.73. The lowest BCUT2D eigenvalue weighted by Gasteiger charge is -2.34. The van der Waals surface area contributed by atoms with Gasteiger partial charge in [0.25, 0.3) is 0 Å². The van der Waals surface area contributed by atoms with Gasteiger partial charge in [-0.2, -0.15) is 13.2 Å². The maximum absolute atomic E-state index is 13.2. The molecule has 3 nitrogen and oxygen atoms in total. The summed E-state index contributed by atoms with van der Waals surface area (Å²) in [5.41, 5.74) is -0.997. The first-order chi connectivity index (χ1) is 12.6. The van der Waals surface area contributed by atoms with Crippen LogP contribution >= 0.6 is 23.2 Å². The van der Waals surface area contributed by atoms with Crippen LogP contribution < -0.4 is 5.32 Å². The molecule has 9 heteroatoms. The van der Waals surface area contributed by atoms with Crippen molar-refractivity contribution in [3.05, 3.63) is 28.0 Å². The molecule has 0 aromatic carbocycles. The minimum atomic E-state index is -4.18. The number of hydrogen-bond acceptors (Lipinski definition) is 3. The Kier molecular flexibility index (Phi) is 7.64. The van der Waals surface area contributed by atoms with Crippen molar-refractivity contribution in [1.29, 1.82) is 0 Å². The largest absolute Gasteiger partial charge is 0.409 e. The SMILES string of the molecule is CC[Si](CC)(CC)OC(CNCC1(C(F)(F)F)CC1)c1c(Cl)cncc1Cl. The molecular weight excluding hydrogens is 416 g/mol. The third-order valence-corrected chi connectivity index (χ3v) is 11.0. The molecule has 0 bridgehead atoms. The average molecular weight is 443 g/mol. The molecule has 1 heterocycles. The molecule has 1 fully saturated rings. The Morgan fingerprint density at radius 3 is 2.07 bits per heavy atom. The van der Waals surface area contributed by atoms with Crippen LogP contribution in [0.3, 0.4) is 0 Å². The predicted octanol–water partition coefficient (Wildman–Crippen LogP) is 6.38. The number of alkyl halides is 3. The first-order valence-corrected chi connectivity index (χ1v) is 12.7. The fourth-order valence-corrected chi connectivity index (χ4v) is 6.80. The van der Waals surface area contributed by atoms with Gasteiger partial charge in [0.2, 0.25) is 0 Å². The van der Waals surface area contributed by atoms with Gasteiger partial charge in [0, 0.05) is 31.0 Å². The number of pyridine rings is 1. The van der Waals surface area contributed by atoms with Crippen molar-refractivity contribution in [2.45, 2.75) is 64.0 Å². The van der Waals surface area contributed by atoms with Gasteiger partial charge in [0.15, 0.2) is 8.32 Å². The molecule has 1 unspecified atom stereocenters. The normalized spacial score (nSPS) is 17.8. The molecule has 1 aromatic heterocycles. The van der Waals surface area contributed by atoms with Crippen LogP contribution in [-0.4, -0.2) is 32.6 Å². The molecule has 0 amide bonds. The molecule has 154 valence electrons. The zero-order chi connectivity index (χ0) is 20.3. The van der Waals surface area contributed by atoms with Crippen molar-refractivity contribution < 1.29 is 17.6 Å². The summed E-state index contributed by atoms with van der Waals surface area (Å²) in [5.74, 6) is 0. The molecule has 0 spiro atoms. The first kappa shape index (κ1) is 22.9. The van der Waals surface area contributed by atoms with Gasteiger partial charge in [-0.05, 0) is 31.0 Å². The minimum absolute atomic E-state index is 0.115. The fourth-order valence-electron chi connectivity index (χ4n) is 3.39. The maximum Gasteiger partial charge on any atom is 0.395 e. The second kappa shape index (κ2) is 8.99. The molecule has 1 aliphatic carbocycles. The van der Waals surface area contributed by atoms with Crippen LogP contribution in [0, 0.1) is 5.41 Å². The van der Waals surface area contributed by atoms with Crippen LogP contribution in [0.2, 0.25) is 28.2 Å². The highest BCUT2D eigenvalue weighted by atomic mass is 35.5. The smallest absolute Gasteiger partial charge is 0.395 e. The van der Waals surface area contributed by atoms with Crippen LogP contribution in [0.25, 0.3) is 0 Å². The van der Waals surface area contributed by atoms with Gasteiger partial charge in [-0.1, -0.05) is 44.0 Å². The van der Waals surface area contributed by atoms with Crippen molar-refractivity contribution in [3.63, 3.8) is 0 Å². The van der Waals surface area contributed by atoms with Crippen LogP contribution in [0.4, 0.5) is 13.2 Å². The zero-order valence-corrected chi connectivity index (χ0v) is 18.4. The Bertz CT molecular complexity index is 609. The molecule has 0 radical (unpaired) electrons. The van der Waals surface area contributed by atoms with Gasteiger partial charge in [0.05, 0.1) is 21.6 Å². The molecule has 1 N–H and O–H groups in total. The summed E-state index contributed by atoms with van der Waals surface area (Å²) in [5, 5.41) is 3.73. The van der Waals surface area contributed by atoms with E-state index in [4.69, 9.17) is 27.6 Å². The number of halogens is 5. The van der Waals surface area contributed by atoms with Crippen molar-refractivity contribution >= 4 is 31.5 Å². The highest BCUT2D eigenvalue weighted by Gasteiger charge is 2.62. The van der Waals surface area contributed by atoms with Gasteiger partial charge in [-0.3, -0.25) is 4.98 Å². The summed E-state index contributed by atoms with van der Waals surface area (Å²) in [6.45, 7) is 6.42. The van der Waals surface area contributed by atoms with Gasteiger partial charge < -0.3 is 9.74 Å². The molecule has 0 saturated heterocycles. The van der Waals surface area contributed by atoms with Crippen LogP contribution in [0.15, 0.2) is 12.4 Å². The second-order valence-electron chi connectivity index (χ2n) is 7.28. The van der Waals surface area contributed by atoms with Gasteiger partial charge in [-0.15, -0.1) is 0 Å². The second-order valence-corrected chi connectivity index (χ2v) is 12.8. The number of nitrogens with zero attached hydrogens (tertiary/aromatic N) is 1. The Balaban J connectivity index is 2.20. The van der Waals surface area contributed by atoms with Gasteiger partial charge >= 0.3 is 6.18 Å². The van der Waals surface area contributed by atoms with E-state index in [0.29, 0.717) is 15.6 Å². The molecule has 1 aliphatic rings. The van der Waals surface area contributed by atoms with E-state index < -0.39 is 26.0 Å². The van der Waals surface area contributed by atoms with E-state index in [1.54, 1.807) is 0 Å². The molecule has 27 heavy (non-hydrogen) atoms. The Morgan fingerprint density at radius 1 is 1.15 bits per heavy atom. The van der Waals surface area contributed by atoms with E-state index in [0.717, 1.165) is 18.1 Å². The van der Waals surface area contributed by atoms with E-state index in [1.165, 1.54) is 12.4 Å². The van der Waals surface area contributed by atoms with Crippen molar-refractivity contribution in [2.24, 2.45) is 5.41 Å². The summed E-state index contributed by atoms with van der Waals surface area (Å²) < 4.78 is 46.1. The Hall–Kier alpha value is -0.343. The van der Waals surface area contributed by atoms with E-state index >= 15 is 0 Å². The Morgan fingerprint density at radius 2 is 1.67 bits per heavy atom. The minimum Gasteiger partial charge on any atom is -0.409 e. The zero-order valence-electron chi connectivity index (χ0n) is 15.9. The lowest BCUT2D eigenvalue weighted by molar-refractivity contribution is -0.185. The Labute approximate surface area is 170 Å². The molecule has 1 saturated carbocycles. The summed E-state index contributed by atoms with van der Waals surface area (Å²) in [7, 11) is -2.03. The summed E-state index contributed by atoms with van der Waals surface area (Å²) in [6, 6.07) is 2.76. The number of hydrogen-bond donors (Lipinski definition) is 1.